The average Bonchev–Trinajstić information content (AvgIpc) is 2.17. The van der Waals surface area contributed by atoms with Crippen LogP contribution in [0.15, 0.2) is 23.1 Å². The van der Waals surface area contributed by atoms with Gasteiger partial charge in [-0.15, -0.1) is 11.6 Å². The lowest BCUT2D eigenvalue weighted by atomic mass is 10.2. The minimum atomic E-state index is -3.39. The van der Waals surface area contributed by atoms with Crippen LogP contribution in [-0.2, 0) is 10.0 Å². The number of nitrogens with one attached hydrogen (secondary N) is 1. The third kappa shape index (κ3) is 3.47. The molecule has 0 radical (unpaired) electrons. The van der Waals surface area contributed by atoms with Gasteiger partial charge in [-0.2, -0.15) is 0 Å². The first-order valence-corrected chi connectivity index (χ1v) is 7.12. The minimum absolute atomic E-state index is 0.340. The summed E-state index contributed by atoms with van der Waals surface area (Å²) in [5.41, 5.74) is 1.82. The molecule has 1 rings (SSSR count). The second kappa shape index (κ2) is 5.66. The number of rotatable bonds is 5. The van der Waals surface area contributed by atoms with Gasteiger partial charge in [0.2, 0.25) is 10.0 Å². The predicted octanol–water partition coefficient (Wildman–Crippen LogP) is 2.21. The maximum atomic E-state index is 11.9. The van der Waals surface area contributed by atoms with E-state index in [1.165, 1.54) is 0 Å². The largest absolute Gasteiger partial charge is 0.240 e. The first kappa shape index (κ1) is 13.5. The van der Waals surface area contributed by atoms with Gasteiger partial charge in [0.15, 0.2) is 0 Å². The van der Waals surface area contributed by atoms with E-state index in [0.29, 0.717) is 23.7 Å². The van der Waals surface area contributed by atoms with E-state index in [1.54, 1.807) is 19.1 Å². The molecule has 0 fully saturated rings. The van der Waals surface area contributed by atoms with Gasteiger partial charge in [-0.3, -0.25) is 0 Å². The Morgan fingerprint density at radius 3 is 2.56 bits per heavy atom. The van der Waals surface area contributed by atoms with Gasteiger partial charge < -0.3 is 0 Å². The zero-order chi connectivity index (χ0) is 12.2. The minimum Gasteiger partial charge on any atom is -0.211 e. The number of aryl methyl sites for hydroxylation is 2. The molecular weight excluding hydrogens is 246 g/mol. The zero-order valence-electron chi connectivity index (χ0n) is 9.46. The van der Waals surface area contributed by atoms with Crippen LogP contribution in [0.3, 0.4) is 0 Å². The molecule has 0 atom stereocenters. The van der Waals surface area contributed by atoms with Crippen LogP contribution in [0, 0.1) is 13.8 Å². The summed E-state index contributed by atoms with van der Waals surface area (Å²) in [6, 6.07) is 5.28. The Kier molecular flexibility index (Phi) is 4.77. The molecule has 1 N–H and O–H groups in total. The second-order valence-electron chi connectivity index (χ2n) is 3.71. The number of sulfonamides is 1. The van der Waals surface area contributed by atoms with Crippen LogP contribution in [0.2, 0.25) is 0 Å². The van der Waals surface area contributed by atoms with Crippen LogP contribution in [-0.4, -0.2) is 20.8 Å². The second-order valence-corrected chi connectivity index (χ2v) is 5.82. The normalized spacial score (nSPS) is 11.7. The van der Waals surface area contributed by atoms with Gasteiger partial charge in [-0.25, -0.2) is 13.1 Å². The van der Waals surface area contributed by atoms with Crippen molar-refractivity contribution < 1.29 is 8.42 Å². The summed E-state index contributed by atoms with van der Waals surface area (Å²) in [6.45, 7) is 4.10. The number of alkyl halides is 1. The lowest BCUT2D eigenvalue weighted by molar-refractivity contribution is 0.580. The van der Waals surface area contributed by atoms with Gasteiger partial charge in [0.1, 0.15) is 0 Å². The molecule has 0 bridgehead atoms. The maximum Gasteiger partial charge on any atom is 0.240 e. The third-order valence-electron chi connectivity index (χ3n) is 2.22. The molecule has 0 spiro atoms. The molecule has 0 aliphatic carbocycles. The van der Waals surface area contributed by atoms with Gasteiger partial charge in [-0.05, 0) is 31.9 Å². The lowest BCUT2D eigenvalue weighted by Crippen LogP contribution is -2.25. The van der Waals surface area contributed by atoms with Crippen molar-refractivity contribution in [3.63, 3.8) is 0 Å². The van der Waals surface area contributed by atoms with Gasteiger partial charge in [-0.1, -0.05) is 17.7 Å². The van der Waals surface area contributed by atoms with E-state index in [9.17, 15) is 8.42 Å². The molecule has 0 aliphatic rings. The van der Waals surface area contributed by atoms with E-state index < -0.39 is 10.0 Å². The summed E-state index contributed by atoms with van der Waals surface area (Å²) in [7, 11) is -3.39. The summed E-state index contributed by atoms with van der Waals surface area (Å²) in [6.07, 6.45) is 0.631. The fourth-order valence-corrected chi connectivity index (χ4v) is 2.88. The lowest BCUT2D eigenvalue weighted by Gasteiger charge is -2.09. The molecule has 0 saturated heterocycles. The van der Waals surface area contributed by atoms with Crippen LogP contribution in [0.1, 0.15) is 17.5 Å². The molecule has 1 aromatic rings. The molecule has 0 saturated carbocycles. The van der Waals surface area contributed by atoms with E-state index in [-0.39, 0.29) is 0 Å². The number of benzene rings is 1. The molecular formula is C11H16ClNO2S. The van der Waals surface area contributed by atoms with Gasteiger partial charge in [0.25, 0.3) is 0 Å². The van der Waals surface area contributed by atoms with Crippen molar-refractivity contribution in [3.8, 4) is 0 Å². The van der Waals surface area contributed by atoms with Crippen molar-refractivity contribution >= 4 is 21.6 Å². The molecule has 0 aliphatic heterocycles. The first-order chi connectivity index (χ1) is 7.47. The van der Waals surface area contributed by atoms with Crippen molar-refractivity contribution in [1.29, 1.82) is 0 Å². The standard InChI is InChI=1S/C11H16ClNO2S/c1-9-4-5-11(10(2)8-9)16(14,15)13-7-3-6-12/h4-5,8,13H,3,6-7H2,1-2H3. The smallest absolute Gasteiger partial charge is 0.211 e. The quantitative estimate of drug-likeness (QED) is 0.653. The highest BCUT2D eigenvalue weighted by atomic mass is 35.5. The molecule has 0 unspecified atom stereocenters. The average molecular weight is 262 g/mol. The number of hydrogen-bond donors (Lipinski definition) is 1. The Bertz CT molecular complexity index is 457. The van der Waals surface area contributed by atoms with Crippen LogP contribution in [0.5, 0.6) is 0 Å². The summed E-state index contributed by atoms with van der Waals surface area (Å²) in [5.74, 6) is 0.454. The maximum absolute atomic E-state index is 11.9. The molecule has 16 heavy (non-hydrogen) atoms. The fraction of sp³-hybridized carbons (Fsp3) is 0.455. The molecule has 0 amide bonds. The van der Waals surface area contributed by atoms with Crippen molar-refractivity contribution in [2.45, 2.75) is 25.2 Å². The molecule has 90 valence electrons. The summed E-state index contributed by atoms with van der Waals surface area (Å²) in [4.78, 5) is 0.340. The van der Waals surface area contributed by atoms with Gasteiger partial charge >= 0.3 is 0 Å². The molecule has 3 nitrogen and oxygen atoms in total. The van der Waals surface area contributed by atoms with E-state index in [0.717, 1.165) is 11.1 Å². The van der Waals surface area contributed by atoms with Crippen molar-refractivity contribution in [2.75, 3.05) is 12.4 Å². The Labute approximate surface area is 102 Å². The van der Waals surface area contributed by atoms with E-state index in [2.05, 4.69) is 4.72 Å². The molecule has 0 heterocycles. The van der Waals surface area contributed by atoms with Crippen molar-refractivity contribution in [2.24, 2.45) is 0 Å². The fourth-order valence-electron chi connectivity index (χ4n) is 1.45. The van der Waals surface area contributed by atoms with E-state index >= 15 is 0 Å². The highest BCUT2D eigenvalue weighted by Gasteiger charge is 2.15. The monoisotopic (exact) mass is 261 g/mol. The summed E-state index contributed by atoms with van der Waals surface area (Å²) < 4.78 is 26.3. The SMILES string of the molecule is Cc1ccc(S(=O)(=O)NCCCCl)c(C)c1. The highest BCUT2D eigenvalue weighted by Crippen LogP contribution is 2.15. The topological polar surface area (TPSA) is 46.2 Å². The Balaban J connectivity index is 2.90. The third-order valence-corrected chi connectivity index (χ3v) is 4.11. The number of halogens is 1. The van der Waals surface area contributed by atoms with Crippen LogP contribution in [0.4, 0.5) is 0 Å². The van der Waals surface area contributed by atoms with Crippen LogP contribution >= 0.6 is 11.6 Å². The highest BCUT2D eigenvalue weighted by molar-refractivity contribution is 7.89. The zero-order valence-corrected chi connectivity index (χ0v) is 11.0. The van der Waals surface area contributed by atoms with Crippen molar-refractivity contribution in [1.82, 2.24) is 4.72 Å². The molecule has 0 aromatic heterocycles. The van der Waals surface area contributed by atoms with Crippen molar-refractivity contribution in [3.05, 3.63) is 29.3 Å². The predicted molar refractivity (Wildman–Crippen MR) is 66.4 cm³/mol. The first-order valence-electron chi connectivity index (χ1n) is 5.10. The Morgan fingerprint density at radius 1 is 1.31 bits per heavy atom. The number of hydrogen-bond acceptors (Lipinski definition) is 2. The van der Waals surface area contributed by atoms with Crippen LogP contribution in [0.25, 0.3) is 0 Å². The van der Waals surface area contributed by atoms with Crippen LogP contribution < -0.4 is 4.72 Å². The Morgan fingerprint density at radius 2 is 2.00 bits per heavy atom. The summed E-state index contributed by atoms with van der Waals surface area (Å²) >= 11 is 5.49. The summed E-state index contributed by atoms with van der Waals surface area (Å²) in [5, 5.41) is 0. The van der Waals surface area contributed by atoms with E-state index in [1.807, 2.05) is 13.0 Å². The van der Waals surface area contributed by atoms with Gasteiger partial charge in [0.05, 0.1) is 4.90 Å². The molecule has 1 aromatic carbocycles. The Hall–Kier alpha value is -0.580. The van der Waals surface area contributed by atoms with Gasteiger partial charge in [0, 0.05) is 12.4 Å². The van der Waals surface area contributed by atoms with E-state index in [4.69, 9.17) is 11.6 Å². The molecule has 5 heteroatoms.